The van der Waals surface area contributed by atoms with Gasteiger partial charge < -0.3 is 14.6 Å². The Morgan fingerprint density at radius 1 is 1.52 bits per heavy atom. The third-order valence-electron chi connectivity index (χ3n) is 3.32. The number of nitrogens with zero attached hydrogens (tertiary/aromatic N) is 2. The fourth-order valence-electron chi connectivity index (χ4n) is 2.17. The second kappa shape index (κ2) is 7.38. The minimum absolute atomic E-state index is 0.0343. The van der Waals surface area contributed by atoms with Crippen LogP contribution in [0.15, 0.2) is 30.0 Å². The summed E-state index contributed by atoms with van der Waals surface area (Å²) in [5.41, 5.74) is 1.11. The molecule has 0 fully saturated rings. The lowest BCUT2D eigenvalue weighted by Gasteiger charge is -2.18. The molecule has 2 aromatic heterocycles. The largest absolute Gasteiger partial charge is 0.469 e. The lowest BCUT2D eigenvalue weighted by molar-refractivity contribution is -0.141. The number of imidazole rings is 1. The van der Waals surface area contributed by atoms with Crippen molar-refractivity contribution in [1.82, 2.24) is 14.9 Å². The van der Waals surface area contributed by atoms with Crippen LogP contribution in [0, 0.1) is 0 Å². The Kier molecular flexibility index (Phi) is 5.52. The molecule has 0 saturated heterocycles. The molecule has 0 amide bonds. The van der Waals surface area contributed by atoms with Gasteiger partial charge in [-0.2, -0.15) is 0 Å². The van der Waals surface area contributed by atoms with Crippen molar-refractivity contribution in [2.75, 3.05) is 7.11 Å². The number of nitrogens with one attached hydrogen (secondary N) is 1. The van der Waals surface area contributed by atoms with E-state index in [1.807, 2.05) is 30.0 Å². The molecule has 21 heavy (non-hydrogen) atoms. The van der Waals surface area contributed by atoms with Crippen LogP contribution in [0.1, 0.15) is 42.9 Å². The highest BCUT2D eigenvalue weighted by Gasteiger charge is 2.18. The van der Waals surface area contributed by atoms with Crippen LogP contribution in [0.5, 0.6) is 0 Å². The van der Waals surface area contributed by atoms with Crippen molar-refractivity contribution in [2.45, 2.75) is 38.9 Å². The maximum absolute atomic E-state index is 11.6. The highest BCUT2D eigenvalue weighted by Crippen LogP contribution is 2.23. The third-order valence-corrected chi connectivity index (χ3v) is 4.30. The summed E-state index contributed by atoms with van der Waals surface area (Å²) in [7, 11) is 1.42. The van der Waals surface area contributed by atoms with Crippen molar-refractivity contribution in [3.8, 4) is 0 Å². The number of methoxy groups -OCH3 is 1. The van der Waals surface area contributed by atoms with Gasteiger partial charge in [-0.25, -0.2) is 4.98 Å². The summed E-state index contributed by atoms with van der Waals surface area (Å²) in [5, 5.41) is 5.45. The van der Waals surface area contributed by atoms with Gasteiger partial charge in [0.2, 0.25) is 0 Å². The van der Waals surface area contributed by atoms with Crippen LogP contribution in [0.25, 0.3) is 0 Å². The molecule has 0 aliphatic heterocycles. The van der Waals surface area contributed by atoms with Gasteiger partial charge >= 0.3 is 5.97 Å². The van der Waals surface area contributed by atoms with Gasteiger partial charge in [0.1, 0.15) is 0 Å². The van der Waals surface area contributed by atoms with Crippen LogP contribution < -0.4 is 5.32 Å². The zero-order chi connectivity index (χ0) is 15.2. The topological polar surface area (TPSA) is 56.1 Å². The third kappa shape index (κ3) is 4.15. The van der Waals surface area contributed by atoms with E-state index < -0.39 is 0 Å². The van der Waals surface area contributed by atoms with Gasteiger partial charge in [-0.3, -0.25) is 4.79 Å². The van der Waals surface area contributed by atoms with Crippen molar-refractivity contribution >= 4 is 17.3 Å². The Hall–Kier alpha value is -1.66. The zero-order valence-electron chi connectivity index (χ0n) is 12.6. The molecular weight excluding hydrogens is 286 g/mol. The molecule has 0 bridgehead atoms. The number of rotatable bonds is 7. The van der Waals surface area contributed by atoms with Crippen molar-refractivity contribution in [3.63, 3.8) is 0 Å². The molecule has 1 atom stereocenters. The highest BCUT2D eigenvalue weighted by atomic mass is 32.1. The normalized spacial score (nSPS) is 12.6. The predicted octanol–water partition coefficient (Wildman–Crippen LogP) is 2.92. The van der Waals surface area contributed by atoms with Crippen molar-refractivity contribution in [1.29, 1.82) is 0 Å². The summed E-state index contributed by atoms with van der Waals surface area (Å²) in [5.74, 6) is -0.210. The summed E-state index contributed by atoms with van der Waals surface area (Å²) in [4.78, 5) is 16.9. The Morgan fingerprint density at radius 3 is 2.95 bits per heavy atom. The minimum Gasteiger partial charge on any atom is -0.469 e. The molecular formula is C15H21N3O2S. The first-order valence-corrected chi connectivity index (χ1v) is 7.84. The van der Waals surface area contributed by atoms with Gasteiger partial charge in [-0.15, -0.1) is 11.3 Å². The fourth-order valence-corrected chi connectivity index (χ4v) is 2.98. The zero-order valence-corrected chi connectivity index (χ0v) is 13.4. The number of carbonyl (C=O) groups excluding carboxylic acids is 1. The van der Waals surface area contributed by atoms with E-state index in [4.69, 9.17) is 4.74 Å². The van der Waals surface area contributed by atoms with E-state index in [2.05, 4.69) is 28.7 Å². The number of aromatic nitrogens is 2. The first-order chi connectivity index (χ1) is 10.1. The van der Waals surface area contributed by atoms with Gasteiger partial charge in [0, 0.05) is 23.7 Å². The molecule has 1 unspecified atom stereocenters. The molecule has 0 aliphatic rings. The highest BCUT2D eigenvalue weighted by molar-refractivity contribution is 7.10. The summed E-state index contributed by atoms with van der Waals surface area (Å²) in [6.45, 7) is 4.91. The SMILES string of the molecule is COC(=O)CC(NCc1cncn1C(C)C)c1cccs1. The Morgan fingerprint density at radius 2 is 2.33 bits per heavy atom. The Bertz CT molecular complexity index is 563. The standard InChI is InChI=1S/C15H21N3O2S/c1-11(2)18-10-16-8-12(18)9-17-13(7-15(19)20-3)14-5-4-6-21-14/h4-6,8,10-11,13,17H,7,9H2,1-3H3. The van der Waals surface area contributed by atoms with E-state index in [0.717, 1.165) is 10.6 Å². The van der Waals surface area contributed by atoms with Gasteiger partial charge in [-0.1, -0.05) is 6.07 Å². The Labute approximate surface area is 129 Å². The summed E-state index contributed by atoms with van der Waals surface area (Å²) in [6, 6.07) is 4.35. The van der Waals surface area contributed by atoms with E-state index in [0.29, 0.717) is 19.0 Å². The van der Waals surface area contributed by atoms with E-state index >= 15 is 0 Å². The molecule has 0 radical (unpaired) electrons. The minimum atomic E-state index is -0.210. The van der Waals surface area contributed by atoms with E-state index in [-0.39, 0.29) is 12.0 Å². The average molecular weight is 307 g/mol. The molecule has 2 rings (SSSR count). The molecule has 0 aliphatic carbocycles. The van der Waals surface area contributed by atoms with Gasteiger partial charge in [0.15, 0.2) is 0 Å². The van der Waals surface area contributed by atoms with Crippen molar-refractivity contribution < 1.29 is 9.53 Å². The van der Waals surface area contributed by atoms with E-state index in [9.17, 15) is 4.79 Å². The molecule has 0 aromatic carbocycles. The van der Waals surface area contributed by atoms with Gasteiger partial charge in [0.25, 0.3) is 0 Å². The Balaban J connectivity index is 2.05. The molecule has 2 heterocycles. The van der Waals surface area contributed by atoms with Gasteiger partial charge in [-0.05, 0) is 25.3 Å². The van der Waals surface area contributed by atoms with Crippen LogP contribution >= 0.6 is 11.3 Å². The number of ether oxygens (including phenoxy) is 1. The maximum atomic E-state index is 11.6. The first kappa shape index (κ1) is 15.7. The molecule has 2 aromatic rings. The summed E-state index contributed by atoms with van der Waals surface area (Å²) in [6.07, 6.45) is 4.02. The summed E-state index contributed by atoms with van der Waals surface area (Å²) < 4.78 is 6.91. The second-order valence-electron chi connectivity index (χ2n) is 5.12. The van der Waals surface area contributed by atoms with Crippen molar-refractivity contribution in [2.24, 2.45) is 0 Å². The maximum Gasteiger partial charge on any atom is 0.307 e. The number of thiophene rings is 1. The summed E-state index contributed by atoms with van der Waals surface area (Å²) >= 11 is 1.64. The number of esters is 1. The lowest BCUT2D eigenvalue weighted by atomic mass is 10.1. The molecule has 5 nitrogen and oxygen atoms in total. The number of hydrogen-bond donors (Lipinski definition) is 1. The van der Waals surface area contributed by atoms with Crippen LogP contribution in [0.2, 0.25) is 0 Å². The van der Waals surface area contributed by atoms with E-state index in [1.165, 1.54) is 7.11 Å². The first-order valence-electron chi connectivity index (χ1n) is 6.96. The van der Waals surface area contributed by atoms with Crippen LogP contribution in [-0.2, 0) is 16.1 Å². The lowest BCUT2D eigenvalue weighted by Crippen LogP contribution is -2.24. The second-order valence-corrected chi connectivity index (χ2v) is 6.09. The quantitative estimate of drug-likeness (QED) is 0.799. The monoisotopic (exact) mass is 307 g/mol. The van der Waals surface area contributed by atoms with Crippen molar-refractivity contribution in [3.05, 3.63) is 40.6 Å². The number of hydrogen-bond acceptors (Lipinski definition) is 5. The molecule has 0 saturated carbocycles. The number of carbonyl (C=O) groups is 1. The van der Waals surface area contributed by atoms with E-state index in [1.54, 1.807) is 11.3 Å². The molecule has 114 valence electrons. The fraction of sp³-hybridized carbons (Fsp3) is 0.467. The van der Waals surface area contributed by atoms with Crippen LogP contribution in [0.3, 0.4) is 0 Å². The molecule has 0 spiro atoms. The van der Waals surface area contributed by atoms with Gasteiger partial charge in [0.05, 0.1) is 31.6 Å². The molecule has 6 heteroatoms. The van der Waals surface area contributed by atoms with Crippen LogP contribution in [-0.4, -0.2) is 22.6 Å². The van der Waals surface area contributed by atoms with Crippen LogP contribution in [0.4, 0.5) is 0 Å². The molecule has 1 N–H and O–H groups in total. The smallest absolute Gasteiger partial charge is 0.307 e. The average Bonchev–Trinajstić information content (AvgIpc) is 3.13. The predicted molar refractivity (Wildman–Crippen MR) is 83.1 cm³/mol.